The maximum atomic E-state index is 11.6. The number of benzene rings is 1. The minimum Gasteiger partial charge on any atom is -0.497 e. The van der Waals surface area contributed by atoms with E-state index >= 15 is 0 Å². The lowest BCUT2D eigenvalue weighted by Crippen LogP contribution is -2.20. The summed E-state index contributed by atoms with van der Waals surface area (Å²) in [5, 5.41) is 2.64. The topological polar surface area (TPSA) is 64.6 Å². The Kier molecular flexibility index (Phi) is 6.56. The molecule has 0 fully saturated rings. The molecular weight excluding hydrogens is 258 g/mol. The monoisotopic (exact) mass is 279 g/mol. The van der Waals surface area contributed by atoms with Gasteiger partial charge < -0.3 is 14.8 Å². The Morgan fingerprint density at radius 3 is 2.70 bits per heavy atom. The smallest absolute Gasteiger partial charge is 0.306 e. The van der Waals surface area contributed by atoms with Gasteiger partial charge in [0.1, 0.15) is 5.75 Å². The van der Waals surface area contributed by atoms with Crippen LogP contribution in [0.3, 0.4) is 0 Å². The Labute approximate surface area is 119 Å². The first-order valence-corrected chi connectivity index (χ1v) is 6.60. The molecule has 5 nitrogen and oxygen atoms in total. The fourth-order valence-electron chi connectivity index (χ4n) is 1.52. The lowest BCUT2D eigenvalue weighted by Gasteiger charge is -2.08. The van der Waals surface area contributed by atoms with Crippen LogP contribution in [0.4, 0.5) is 5.69 Å². The minimum atomic E-state index is -0.365. The molecular formula is C15H21NO4. The molecule has 0 aliphatic heterocycles. The van der Waals surface area contributed by atoms with E-state index in [1.807, 2.05) is 13.8 Å². The number of hydrogen-bond acceptors (Lipinski definition) is 4. The van der Waals surface area contributed by atoms with Crippen molar-refractivity contribution in [1.29, 1.82) is 0 Å². The second kappa shape index (κ2) is 8.19. The van der Waals surface area contributed by atoms with Gasteiger partial charge in [0.2, 0.25) is 0 Å². The summed E-state index contributed by atoms with van der Waals surface area (Å²) in [7, 11) is 1.55. The molecule has 0 spiro atoms. The van der Waals surface area contributed by atoms with Gasteiger partial charge in [0, 0.05) is 18.2 Å². The van der Waals surface area contributed by atoms with Crippen LogP contribution in [0.15, 0.2) is 24.3 Å². The second-order valence-electron chi connectivity index (χ2n) is 4.87. The van der Waals surface area contributed by atoms with E-state index in [9.17, 15) is 9.59 Å². The first kappa shape index (κ1) is 16.0. The van der Waals surface area contributed by atoms with Gasteiger partial charge in [0.05, 0.1) is 7.11 Å². The van der Waals surface area contributed by atoms with Crippen molar-refractivity contribution in [1.82, 2.24) is 0 Å². The summed E-state index contributed by atoms with van der Waals surface area (Å²) < 4.78 is 9.95. The van der Waals surface area contributed by atoms with Crippen molar-refractivity contribution in [3.05, 3.63) is 24.3 Å². The normalized spacial score (nSPS) is 10.2. The third-order valence-corrected chi connectivity index (χ3v) is 2.64. The van der Waals surface area contributed by atoms with Gasteiger partial charge >= 0.3 is 5.97 Å². The maximum Gasteiger partial charge on any atom is 0.306 e. The van der Waals surface area contributed by atoms with Crippen molar-refractivity contribution in [2.45, 2.75) is 26.7 Å². The lowest BCUT2D eigenvalue weighted by atomic mass is 10.1. The molecule has 0 heterocycles. The van der Waals surface area contributed by atoms with E-state index < -0.39 is 0 Å². The molecule has 1 aromatic carbocycles. The number of nitrogens with one attached hydrogen (secondary N) is 1. The average Bonchev–Trinajstić information content (AvgIpc) is 2.43. The molecule has 0 aliphatic carbocycles. The summed E-state index contributed by atoms with van der Waals surface area (Å²) >= 11 is 0. The molecule has 0 aliphatic rings. The van der Waals surface area contributed by atoms with Gasteiger partial charge in [-0.25, -0.2) is 0 Å². The van der Waals surface area contributed by atoms with Gasteiger partial charge in [-0.1, -0.05) is 19.9 Å². The van der Waals surface area contributed by atoms with Gasteiger partial charge in [-0.05, 0) is 24.5 Å². The number of rotatable bonds is 7. The van der Waals surface area contributed by atoms with E-state index in [1.165, 1.54) is 0 Å². The third-order valence-electron chi connectivity index (χ3n) is 2.64. The number of carbonyl (C=O) groups excluding carboxylic acids is 2. The van der Waals surface area contributed by atoms with Gasteiger partial charge in [-0.2, -0.15) is 0 Å². The molecule has 1 aromatic rings. The molecule has 0 atom stereocenters. The molecule has 0 radical (unpaired) electrons. The number of hydrogen-bond donors (Lipinski definition) is 1. The quantitative estimate of drug-likeness (QED) is 0.779. The summed E-state index contributed by atoms with van der Waals surface area (Å²) in [5.41, 5.74) is 0.604. The second-order valence-corrected chi connectivity index (χ2v) is 4.87. The highest BCUT2D eigenvalue weighted by atomic mass is 16.5. The number of anilines is 1. The number of amides is 1. The summed E-state index contributed by atoms with van der Waals surface area (Å²) in [6.07, 6.45) is 1.10. The summed E-state index contributed by atoms with van der Waals surface area (Å²) in [6.45, 7) is 3.79. The largest absolute Gasteiger partial charge is 0.497 e. The van der Waals surface area contributed by atoms with Crippen molar-refractivity contribution < 1.29 is 19.1 Å². The van der Waals surface area contributed by atoms with Crippen LogP contribution in [-0.2, 0) is 14.3 Å². The fourth-order valence-corrected chi connectivity index (χ4v) is 1.52. The zero-order valence-corrected chi connectivity index (χ0v) is 12.1. The Bertz CT molecular complexity index is 457. The Morgan fingerprint density at radius 1 is 1.30 bits per heavy atom. The highest BCUT2D eigenvalue weighted by Crippen LogP contribution is 2.16. The van der Waals surface area contributed by atoms with Gasteiger partial charge in [0.25, 0.3) is 5.91 Å². The van der Waals surface area contributed by atoms with Crippen molar-refractivity contribution in [2.24, 2.45) is 5.92 Å². The predicted octanol–water partition coefficient (Wildman–Crippen LogP) is 2.61. The molecule has 1 N–H and O–H groups in total. The third kappa shape index (κ3) is 6.22. The van der Waals surface area contributed by atoms with Crippen molar-refractivity contribution >= 4 is 17.6 Å². The van der Waals surface area contributed by atoms with Crippen LogP contribution in [0.5, 0.6) is 5.75 Å². The molecule has 1 rings (SSSR count). The highest BCUT2D eigenvalue weighted by Gasteiger charge is 2.09. The lowest BCUT2D eigenvalue weighted by molar-refractivity contribution is -0.147. The molecule has 0 saturated heterocycles. The zero-order chi connectivity index (χ0) is 15.0. The Balaban J connectivity index is 2.34. The van der Waals surface area contributed by atoms with Crippen molar-refractivity contribution in [3.8, 4) is 5.75 Å². The van der Waals surface area contributed by atoms with E-state index in [1.54, 1.807) is 31.4 Å². The van der Waals surface area contributed by atoms with Crippen LogP contribution >= 0.6 is 0 Å². The minimum absolute atomic E-state index is 0.270. The molecule has 0 bridgehead atoms. The van der Waals surface area contributed by atoms with Gasteiger partial charge in [-0.3, -0.25) is 9.59 Å². The van der Waals surface area contributed by atoms with Crippen molar-refractivity contribution in [2.75, 3.05) is 19.0 Å². The molecule has 1 amide bonds. The molecule has 0 unspecified atom stereocenters. The van der Waals surface area contributed by atoms with Crippen LogP contribution < -0.4 is 10.1 Å². The fraction of sp³-hybridized carbons (Fsp3) is 0.467. The van der Waals surface area contributed by atoms with Crippen LogP contribution in [0, 0.1) is 5.92 Å². The van der Waals surface area contributed by atoms with Gasteiger partial charge in [-0.15, -0.1) is 0 Å². The van der Waals surface area contributed by atoms with E-state index in [0.717, 1.165) is 6.42 Å². The van der Waals surface area contributed by atoms with E-state index in [0.29, 0.717) is 23.8 Å². The van der Waals surface area contributed by atoms with Gasteiger partial charge in [0.15, 0.2) is 6.61 Å². The summed E-state index contributed by atoms with van der Waals surface area (Å²) in [6, 6.07) is 6.98. The first-order chi connectivity index (χ1) is 9.51. The average molecular weight is 279 g/mol. The molecule has 0 aromatic heterocycles. The highest BCUT2D eigenvalue weighted by molar-refractivity contribution is 5.92. The maximum absolute atomic E-state index is 11.6. The SMILES string of the molecule is COc1cccc(NC(=O)COC(=O)CCC(C)C)c1. The Hall–Kier alpha value is -2.04. The van der Waals surface area contributed by atoms with E-state index in [4.69, 9.17) is 9.47 Å². The first-order valence-electron chi connectivity index (χ1n) is 6.60. The van der Waals surface area contributed by atoms with E-state index in [-0.39, 0.29) is 18.5 Å². The number of methoxy groups -OCH3 is 1. The zero-order valence-electron chi connectivity index (χ0n) is 12.1. The van der Waals surface area contributed by atoms with E-state index in [2.05, 4.69) is 5.32 Å². The van der Waals surface area contributed by atoms with Crippen LogP contribution in [0.2, 0.25) is 0 Å². The molecule has 0 saturated carbocycles. The van der Waals surface area contributed by atoms with Crippen LogP contribution in [0.25, 0.3) is 0 Å². The summed E-state index contributed by atoms with van der Waals surface area (Å²) in [4.78, 5) is 23.0. The number of esters is 1. The molecule has 5 heteroatoms. The molecule has 20 heavy (non-hydrogen) atoms. The van der Waals surface area contributed by atoms with Crippen LogP contribution in [0.1, 0.15) is 26.7 Å². The van der Waals surface area contributed by atoms with Crippen molar-refractivity contribution in [3.63, 3.8) is 0 Å². The standard InChI is InChI=1S/C15H21NO4/c1-11(2)7-8-15(18)20-10-14(17)16-12-5-4-6-13(9-12)19-3/h4-6,9,11H,7-8,10H2,1-3H3,(H,16,17). The predicted molar refractivity (Wildman–Crippen MR) is 76.7 cm³/mol. The molecule has 110 valence electrons. The van der Waals surface area contributed by atoms with Crippen LogP contribution in [-0.4, -0.2) is 25.6 Å². The number of ether oxygens (including phenoxy) is 2. The number of carbonyl (C=O) groups is 2. The summed E-state index contributed by atoms with van der Waals surface area (Å²) in [5.74, 6) is 0.375. The Morgan fingerprint density at radius 2 is 2.05 bits per heavy atom.